The van der Waals surface area contributed by atoms with Gasteiger partial charge in [-0.3, -0.25) is 4.79 Å². The quantitative estimate of drug-likeness (QED) is 0.680. The highest BCUT2D eigenvalue weighted by atomic mass is 16.2. The molecule has 29 heavy (non-hydrogen) atoms. The van der Waals surface area contributed by atoms with E-state index in [1.165, 1.54) is 0 Å². The maximum absolute atomic E-state index is 12.8. The van der Waals surface area contributed by atoms with Crippen molar-refractivity contribution in [1.82, 2.24) is 40.5 Å². The van der Waals surface area contributed by atoms with E-state index in [2.05, 4.69) is 61.4 Å². The number of hydrogen-bond acceptors (Lipinski definition) is 7. The molecule has 1 saturated heterocycles. The highest BCUT2D eigenvalue weighted by Crippen LogP contribution is 2.58. The van der Waals surface area contributed by atoms with Crippen molar-refractivity contribution in [3.8, 4) is 0 Å². The van der Waals surface area contributed by atoms with Crippen LogP contribution in [0.4, 0.5) is 5.82 Å². The first-order chi connectivity index (χ1) is 13.9. The zero-order valence-corrected chi connectivity index (χ0v) is 16.9. The van der Waals surface area contributed by atoms with E-state index in [4.69, 9.17) is 0 Å². The molecule has 10 nitrogen and oxygen atoms in total. The number of H-pyrrole nitrogens is 2. The summed E-state index contributed by atoms with van der Waals surface area (Å²) >= 11 is 0. The average Bonchev–Trinajstić information content (AvgIpc) is 3.43. The van der Waals surface area contributed by atoms with Gasteiger partial charge in [0.15, 0.2) is 5.82 Å². The summed E-state index contributed by atoms with van der Waals surface area (Å²) in [5, 5.41) is 14.8. The van der Waals surface area contributed by atoms with Crippen molar-refractivity contribution in [2.24, 2.45) is 10.8 Å². The van der Waals surface area contributed by atoms with Crippen molar-refractivity contribution in [1.29, 1.82) is 0 Å². The number of aromatic nitrogens is 7. The van der Waals surface area contributed by atoms with E-state index in [-0.39, 0.29) is 23.2 Å². The molecule has 3 aromatic heterocycles. The van der Waals surface area contributed by atoms with Crippen LogP contribution in [0.3, 0.4) is 0 Å². The fraction of sp³-hybridized carbons (Fsp3) is 0.579. The third-order valence-corrected chi connectivity index (χ3v) is 7.18. The van der Waals surface area contributed by atoms with Crippen LogP contribution in [0, 0.1) is 10.8 Å². The number of aromatic amines is 2. The van der Waals surface area contributed by atoms with Gasteiger partial charge in [0.25, 0.3) is 0 Å². The number of carbonyl (C=O) groups excluding carboxylic acids is 1. The van der Waals surface area contributed by atoms with Crippen molar-refractivity contribution in [3.63, 3.8) is 0 Å². The molecule has 152 valence electrons. The van der Waals surface area contributed by atoms with Crippen LogP contribution >= 0.6 is 0 Å². The van der Waals surface area contributed by atoms with Crippen LogP contribution in [0.25, 0.3) is 11.0 Å². The highest BCUT2D eigenvalue weighted by Gasteiger charge is 2.59. The minimum Gasteiger partial charge on any atom is -0.356 e. The van der Waals surface area contributed by atoms with Crippen molar-refractivity contribution < 1.29 is 4.79 Å². The van der Waals surface area contributed by atoms with Crippen molar-refractivity contribution in [2.45, 2.75) is 39.2 Å². The number of carbonyl (C=O) groups is 1. The predicted molar refractivity (Wildman–Crippen MR) is 106 cm³/mol. The van der Waals surface area contributed by atoms with Gasteiger partial charge in [-0.2, -0.15) is 5.21 Å². The van der Waals surface area contributed by atoms with Gasteiger partial charge in [0, 0.05) is 32.4 Å². The molecule has 2 fully saturated rings. The van der Waals surface area contributed by atoms with Crippen LogP contribution in [0.2, 0.25) is 0 Å². The molecule has 1 aliphatic heterocycles. The Morgan fingerprint density at radius 3 is 2.72 bits per heavy atom. The van der Waals surface area contributed by atoms with Crippen molar-refractivity contribution >= 4 is 22.8 Å². The van der Waals surface area contributed by atoms with E-state index in [9.17, 15) is 4.79 Å². The number of hydrogen-bond donors (Lipinski definition) is 2. The van der Waals surface area contributed by atoms with Gasteiger partial charge in [0.05, 0.1) is 11.8 Å². The van der Waals surface area contributed by atoms with Gasteiger partial charge in [-0.1, -0.05) is 19.1 Å². The number of nitrogens with zero attached hydrogens (tertiary/aromatic N) is 7. The molecule has 2 N–H and O–H groups in total. The fourth-order valence-corrected chi connectivity index (χ4v) is 5.28. The maximum atomic E-state index is 12.8. The monoisotopic (exact) mass is 395 g/mol. The van der Waals surface area contributed by atoms with E-state index >= 15 is 0 Å². The van der Waals surface area contributed by atoms with Gasteiger partial charge in [-0.05, 0) is 29.7 Å². The fourth-order valence-electron chi connectivity index (χ4n) is 5.28. The van der Waals surface area contributed by atoms with Crippen LogP contribution in [-0.4, -0.2) is 72.6 Å². The average molecular weight is 395 g/mol. The lowest BCUT2D eigenvalue weighted by molar-refractivity contribution is -0.130. The molecule has 1 aliphatic carbocycles. The Labute approximate surface area is 168 Å². The second kappa shape index (κ2) is 6.23. The van der Waals surface area contributed by atoms with Crippen LogP contribution in [-0.2, 0) is 11.2 Å². The molecule has 10 heteroatoms. The Morgan fingerprint density at radius 2 is 2.03 bits per heavy atom. The molecule has 3 aromatic rings. The summed E-state index contributed by atoms with van der Waals surface area (Å²) in [5.41, 5.74) is 0.974. The number of likely N-dealkylation sites (tertiary alicyclic amines) is 1. The summed E-state index contributed by atoms with van der Waals surface area (Å²) in [6.07, 6.45) is 5.74. The van der Waals surface area contributed by atoms with E-state index < -0.39 is 0 Å². The third-order valence-electron chi connectivity index (χ3n) is 7.18. The molecule has 2 aliphatic rings. The van der Waals surface area contributed by atoms with Gasteiger partial charge in [0.1, 0.15) is 17.8 Å². The van der Waals surface area contributed by atoms with Crippen LogP contribution in [0.1, 0.15) is 32.5 Å². The summed E-state index contributed by atoms with van der Waals surface area (Å²) < 4.78 is 0. The predicted octanol–water partition coefficient (Wildman–Crippen LogP) is 1.17. The second-order valence-electron chi connectivity index (χ2n) is 8.99. The number of anilines is 1. The minimum absolute atomic E-state index is 0.0587. The SMILES string of the molecule is CN(c1ncnc2[nH]ccc12)[C@@H]1C[C@@]2(C)CN(C(=O)Cc3nn[nH]n3)C[C@@]2(C)C1. The largest absolute Gasteiger partial charge is 0.356 e. The van der Waals surface area contributed by atoms with E-state index in [1.54, 1.807) is 6.33 Å². The Morgan fingerprint density at radius 1 is 1.28 bits per heavy atom. The lowest BCUT2D eigenvalue weighted by Gasteiger charge is -2.31. The molecule has 1 amide bonds. The number of nitrogens with one attached hydrogen (secondary N) is 2. The summed E-state index contributed by atoms with van der Waals surface area (Å²) in [5.74, 6) is 1.47. The Bertz CT molecular complexity index is 1030. The first-order valence-corrected chi connectivity index (χ1v) is 9.90. The Kier molecular flexibility index (Phi) is 3.87. The molecule has 4 heterocycles. The molecule has 5 rings (SSSR count). The van der Waals surface area contributed by atoms with Crippen LogP contribution < -0.4 is 4.90 Å². The minimum atomic E-state index is 0.0587. The zero-order valence-electron chi connectivity index (χ0n) is 16.9. The van der Waals surface area contributed by atoms with Crippen LogP contribution in [0.5, 0.6) is 0 Å². The summed E-state index contributed by atoms with van der Waals surface area (Å²) in [6, 6.07) is 2.39. The maximum Gasteiger partial charge on any atom is 0.230 e. The number of rotatable bonds is 4. The zero-order chi connectivity index (χ0) is 20.2. The molecule has 3 atom stereocenters. The molecule has 0 bridgehead atoms. The molecule has 1 saturated carbocycles. The van der Waals surface area contributed by atoms with Crippen molar-refractivity contribution in [3.05, 3.63) is 24.4 Å². The highest BCUT2D eigenvalue weighted by molar-refractivity contribution is 5.87. The number of tetrazole rings is 1. The van der Waals surface area contributed by atoms with Gasteiger partial charge in [0.2, 0.25) is 5.91 Å². The first kappa shape index (κ1) is 18.0. The standard InChI is InChI=1S/C19H25N9O/c1-18-7-12(27(3)17-13-4-5-20-16(13)21-11-22-17)8-19(18,2)10-28(9-18)15(29)6-14-23-25-26-24-14/h4-5,11-12H,6-10H2,1-3H3,(H,20,21,22)(H,23,24,25,26)/t12-,18+,19-. The normalized spacial score (nSPS) is 28.8. The number of amides is 1. The van der Waals surface area contributed by atoms with E-state index in [0.29, 0.717) is 11.9 Å². The van der Waals surface area contributed by atoms with E-state index in [1.807, 2.05) is 17.2 Å². The molecule has 0 unspecified atom stereocenters. The van der Waals surface area contributed by atoms with Gasteiger partial charge in [-0.15, -0.1) is 10.2 Å². The number of fused-ring (bicyclic) bond motifs is 2. The Hall–Kier alpha value is -3.04. The lowest BCUT2D eigenvalue weighted by atomic mass is 9.71. The summed E-state index contributed by atoms with van der Waals surface area (Å²) in [7, 11) is 2.12. The Balaban J connectivity index is 1.33. The molecular formula is C19H25N9O. The van der Waals surface area contributed by atoms with Crippen molar-refractivity contribution in [2.75, 3.05) is 25.0 Å². The van der Waals surface area contributed by atoms with Gasteiger partial charge < -0.3 is 14.8 Å². The summed E-state index contributed by atoms with van der Waals surface area (Å²) in [4.78, 5) is 29.0. The summed E-state index contributed by atoms with van der Waals surface area (Å²) in [6.45, 7) is 6.14. The van der Waals surface area contributed by atoms with Crippen LogP contribution in [0.15, 0.2) is 18.6 Å². The first-order valence-electron chi connectivity index (χ1n) is 9.90. The lowest BCUT2D eigenvalue weighted by Crippen LogP contribution is -2.37. The second-order valence-corrected chi connectivity index (χ2v) is 8.99. The van der Waals surface area contributed by atoms with E-state index in [0.717, 1.165) is 42.8 Å². The molecule has 0 aromatic carbocycles. The van der Waals surface area contributed by atoms with Gasteiger partial charge in [-0.25, -0.2) is 9.97 Å². The smallest absolute Gasteiger partial charge is 0.230 e. The molecular weight excluding hydrogens is 370 g/mol. The topological polar surface area (TPSA) is 120 Å². The molecule has 0 radical (unpaired) electrons. The third kappa shape index (κ3) is 2.77. The van der Waals surface area contributed by atoms with Gasteiger partial charge >= 0.3 is 0 Å². The molecule has 0 spiro atoms.